The van der Waals surface area contributed by atoms with E-state index >= 15 is 0 Å². The Morgan fingerprint density at radius 2 is 1.37 bits per heavy atom. The Bertz CT molecular complexity index is 656. The lowest BCUT2D eigenvalue weighted by molar-refractivity contribution is 0.278. The Morgan fingerprint density at radius 3 is 1.95 bits per heavy atom. The number of hydrogen-bond acceptors (Lipinski definition) is 1. The van der Waals surface area contributed by atoms with E-state index in [-0.39, 0.29) is 6.61 Å². The predicted octanol–water partition coefficient (Wildman–Crippen LogP) is 3.84. The zero-order valence-corrected chi connectivity index (χ0v) is 10.5. The number of H-pyrrole nitrogens is 1. The van der Waals surface area contributed by atoms with Gasteiger partial charge in [0.05, 0.1) is 6.61 Å². The van der Waals surface area contributed by atoms with Crippen LogP contribution in [0.15, 0.2) is 66.9 Å². The van der Waals surface area contributed by atoms with Crippen molar-refractivity contribution >= 4 is 0 Å². The number of benzene rings is 2. The molecule has 0 saturated carbocycles. The molecule has 2 nitrogen and oxygen atoms in total. The van der Waals surface area contributed by atoms with Gasteiger partial charge in [-0.15, -0.1) is 0 Å². The van der Waals surface area contributed by atoms with Crippen molar-refractivity contribution in [1.29, 1.82) is 0 Å². The Hall–Kier alpha value is -2.32. The van der Waals surface area contributed by atoms with E-state index in [1.54, 1.807) is 0 Å². The van der Waals surface area contributed by atoms with Crippen LogP contribution < -0.4 is 0 Å². The third kappa shape index (κ3) is 2.18. The van der Waals surface area contributed by atoms with E-state index in [2.05, 4.69) is 29.2 Å². The van der Waals surface area contributed by atoms with Crippen LogP contribution in [0.1, 0.15) is 5.69 Å². The molecule has 94 valence electrons. The van der Waals surface area contributed by atoms with Crippen LogP contribution in [0.25, 0.3) is 22.3 Å². The molecule has 2 aromatic carbocycles. The first-order valence-corrected chi connectivity index (χ1v) is 6.32. The fraction of sp³-hybridized carbons (Fsp3) is 0.0588. The van der Waals surface area contributed by atoms with Gasteiger partial charge in [-0.25, -0.2) is 0 Å². The maximum Gasteiger partial charge on any atom is 0.0837 e. The average molecular weight is 249 g/mol. The number of aromatic amines is 1. The number of aliphatic hydroxyl groups excluding tert-OH is 1. The lowest BCUT2D eigenvalue weighted by atomic mass is 9.97. The average Bonchev–Trinajstić information content (AvgIpc) is 2.93. The van der Waals surface area contributed by atoms with Crippen molar-refractivity contribution < 1.29 is 5.11 Å². The predicted molar refractivity (Wildman–Crippen MR) is 77.6 cm³/mol. The standard InChI is InChI=1S/C17H15NO/c19-12-16-17(14-9-5-2-6-10-14)15(11-18-16)13-7-3-1-4-8-13/h1-11,18-19H,12H2. The molecular weight excluding hydrogens is 234 g/mol. The molecule has 3 aromatic rings. The normalized spacial score (nSPS) is 10.6. The zero-order chi connectivity index (χ0) is 13.1. The van der Waals surface area contributed by atoms with E-state index in [1.807, 2.05) is 42.6 Å². The van der Waals surface area contributed by atoms with Crippen LogP contribution in [0.5, 0.6) is 0 Å². The van der Waals surface area contributed by atoms with E-state index in [9.17, 15) is 5.11 Å². The van der Waals surface area contributed by atoms with Crippen LogP contribution in [-0.2, 0) is 6.61 Å². The summed E-state index contributed by atoms with van der Waals surface area (Å²) in [6, 6.07) is 20.4. The van der Waals surface area contributed by atoms with E-state index in [0.29, 0.717) is 0 Å². The van der Waals surface area contributed by atoms with Crippen molar-refractivity contribution in [1.82, 2.24) is 4.98 Å². The largest absolute Gasteiger partial charge is 0.390 e. The van der Waals surface area contributed by atoms with Crippen molar-refractivity contribution in [2.75, 3.05) is 0 Å². The second-order valence-corrected chi connectivity index (χ2v) is 4.45. The van der Waals surface area contributed by atoms with Crippen LogP contribution in [0.3, 0.4) is 0 Å². The molecule has 1 aromatic heterocycles. The molecule has 2 N–H and O–H groups in total. The SMILES string of the molecule is OCc1[nH]cc(-c2ccccc2)c1-c1ccccc1. The molecule has 0 aliphatic carbocycles. The minimum Gasteiger partial charge on any atom is -0.390 e. The van der Waals surface area contributed by atoms with E-state index < -0.39 is 0 Å². The minimum atomic E-state index is 0.0110. The Morgan fingerprint density at radius 1 is 0.789 bits per heavy atom. The van der Waals surface area contributed by atoms with Crippen LogP contribution >= 0.6 is 0 Å². The molecule has 19 heavy (non-hydrogen) atoms. The van der Waals surface area contributed by atoms with Crippen LogP contribution in [-0.4, -0.2) is 10.1 Å². The first-order valence-electron chi connectivity index (χ1n) is 6.32. The van der Waals surface area contributed by atoms with Gasteiger partial charge in [0.2, 0.25) is 0 Å². The molecule has 2 heteroatoms. The molecule has 0 amide bonds. The van der Waals surface area contributed by atoms with Gasteiger partial charge in [0.1, 0.15) is 0 Å². The topological polar surface area (TPSA) is 36.0 Å². The lowest BCUT2D eigenvalue weighted by Gasteiger charge is -2.07. The van der Waals surface area contributed by atoms with Crippen molar-refractivity contribution in [3.05, 3.63) is 72.6 Å². The number of hydrogen-bond donors (Lipinski definition) is 2. The number of aliphatic hydroxyl groups is 1. The Labute approximate surface area is 112 Å². The van der Waals surface area contributed by atoms with Gasteiger partial charge >= 0.3 is 0 Å². The van der Waals surface area contributed by atoms with Gasteiger partial charge in [-0.05, 0) is 11.1 Å². The fourth-order valence-electron chi connectivity index (χ4n) is 2.37. The molecule has 0 aliphatic rings. The number of rotatable bonds is 3. The first-order chi connectivity index (χ1) is 9.40. The molecule has 0 bridgehead atoms. The van der Waals surface area contributed by atoms with Gasteiger partial charge < -0.3 is 10.1 Å². The first kappa shape index (κ1) is 11.8. The summed E-state index contributed by atoms with van der Waals surface area (Å²) in [6.07, 6.45) is 1.96. The summed E-state index contributed by atoms with van der Waals surface area (Å²) in [5, 5.41) is 9.51. The third-order valence-electron chi connectivity index (χ3n) is 3.27. The third-order valence-corrected chi connectivity index (χ3v) is 3.27. The smallest absolute Gasteiger partial charge is 0.0837 e. The molecule has 0 radical (unpaired) electrons. The maximum absolute atomic E-state index is 9.51. The van der Waals surface area contributed by atoms with Gasteiger partial charge in [-0.3, -0.25) is 0 Å². The van der Waals surface area contributed by atoms with E-state index in [1.165, 1.54) is 0 Å². The fourth-order valence-corrected chi connectivity index (χ4v) is 2.37. The molecule has 0 saturated heterocycles. The molecule has 0 aliphatic heterocycles. The zero-order valence-electron chi connectivity index (χ0n) is 10.5. The van der Waals surface area contributed by atoms with E-state index in [0.717, 1.165) is 27.9 Å². The monoisotopic (exact) mass is 249 g/mol. The van der Waals surface area contributed by atoms with Crippen LogP contribution in [0.2, 0.25) is 0 Å². The molecule has 0 atom stereocenters. The molecule has 0 spiro atoms. The highest BCUT2D eigenvalue weighted by molar-refractivity contribution is 5.85. The molecule has 3 rings (SSSR count). The summed E-state index contributed by atoms with van der Waals surface area (Å²) >= 11 is 0. The van der Waals surface area contributed by atoms with Crippen molar-refractivity contribution in [3.63, 3.8) is 0 Å². The second-order valence-electron chi connectivity index (χ2n) is 4.45. The summed E-state index contributed by atoms with van der Waals surface area (Å²) in [5.41, 5.74) is 5.32. The van der Waals surface area contributed by atoms with Crippen LogP contribution in [0, 0.1) is 0 Å². The quantitative estimate of drug-likeness (QED) is 0.727. The molecule has 0 unspecified atom stereocenters. The van der Waals surface area contributed by atoms with Crippen molar-refractivity contribution in [2.45, 2.75) is 6.61 Å². The van der Waals surface area contributed by atoms with Gasteiger partial charge in [-0.1, -0.05) is 60.7 Å². The van der Waals surface area contributed by atoms with Gasteiger partial charge in [0.15, 0.2) is 0 Å². The molecule has 1 heterocycles. The Kier molecular flexibility index (Phi) is 3.17. The minimum absolute atomic E-state index is 0.0110. The highest BCUT2D eigenvalue weighted by atomic mass is 16.3. The molecular formula is C17H15NO. The van der Waals surface area contributed by atoms with Gasteiger partial charge in [0, 0.05) is 23.0 Å². The molecule has 0 fully saturated rings. The summed E-state index contributed by atoms with van der Waals surface area (Å²) in [4.78, 5) is 3.17. The van der Waals surface area contributed by atoms with Gasteiger partial charge in [0.25, 0.3) is 0 Å². The van der Waals surface area contributed by atoms with Crippen molar-refractivity contribution in [3.8, 4) is 22.3 Å². The second kappa shape index (κ2) is 5.12. The summed E-state index contributed by atoms with van der Waals surface area (Å²) in [7, 11) is 0. The lowest BCUT2D eigenvalue weighted by Crippen LogP contribution is -1.88. The van der Waals surface area contributed by atoms with Crippen LogP contribution in [0.4, 0.5) is 0 Å². The number of nitrogens with one attached hydrogen (secondary N) is 1. The summed E-state index contributed by atoms with van der Waals surface area (Å²) < 4.78 is 0. The van der Waals surface area contributed by atoms with Gasteiger partial charge in [-0.2, -0.15) is 0 Å². The number of aromatic nitrogens is 1. The van der Waals surface area contributed by atoms with E-state index in [4.69, 9.17) is 0 Å². The highest BCUT2D eigenvalue weighted by Gasteiger charge is 2.13. The summed E-state index contributed by atoms with van der Waals surface area (Å²) in [6.45, 7) is 0.0110. The van der Waals surface area contributed by atoms with Crippen molar-refractivity contribution in [2.24, 2.45) is 0 Å². The summed E-state index contributed by atoms with van der Waals surface area (Å²) in [5.74, 6) is 0. The Balaban J connectivity index is 2.20. The highest BCUT2D eigenvalue weighted by Crippen LogP contribution is 2.34. The maximum atomic E-state index is 9.51.